The SMILES string of the molecule is CCCc1nc(C)n2c(=O)[nH]nc2c1Cc1ccc(-c2sccc2C#N)cc1. The van der Waals surface area contributed by atoms with Gasteiger partial charge >= 0.3 is 5.69 Å². The lowest BCUT2D eigenvalue weighted by molar-refractivity contribution is 0.819. The zero-order valence-corrected chi connectivity index (χ0v) is 16.5. The van der Waals surface area contributed by atoms with Crippen LogP contribution in [-0.4, -0.2) is 19.6 Å². The number of nitrogens with one attached hydrogen (secondary N) is 1. The van der Waals surface area contributed by atoms with E-state index in [-0.39, 0.29) is 5.69 Å². The molecule has 4 aromatic rings. The number of hydrogen-bond donors (Lipinski definition) is 1. The normalized spacial score (nSPS) is 11.0. The molecule has 0 aliphatic rings. The fourth-order valence-electron chi connectivity index (χ4n) is 3.47. The van der Waals surface area contributed by atoms with E-state index in [1.54, 1.807) is 11.3 Å². The predicted molar refractivity (Wildman–Crippen MR) is 110 cm³/mol. The van der Waals surface area contributed by atoms with Crippen LogP contribution in [-0.2, 0) is 12.8 Å². The van der Waals surface area contributed by atoms with Crippen LogP contribution in [0.3, 0.4) is 0 Å². The summed E-state index contributed by atoms with van der Waals surface area (Å²) in [7, 11) is 0. The zero-order chi connectivity index (χ0) is 19.7. The van der Waals surface area contributed by atoms with E-state index in [2.05, 4.69) is 40.3 Å². The van der Waals surface area contributed by atoms with Gasteiger partial charge in [0.1, 0.15) is 11.9 Å². The number of aromatic amines is 1. The number of benzene rings is 1. The second-order valence-corrected chi connectivity index (χ2v) is 7.59. The molecule has 4 rings (SSSR count). The molecule has 1 aromatic carbocycles. The molecule has 0 aliphatic heterocycles. The molecule has 0 atom stereocenters. The number of nitriles is 1. The molecular weight excluding hydrogens is 370 g/mol. The van der Waals surface area contributed by atoms with Gasteiger partial charge in [0.25, 0.3) is 0 Å². The summed E-state index contributed by atoms with van der Waals surface area (Å²) >= 11 is 1.57. The molecule has 0 unspecified atom stereocenters. The second-order valence-electron chi connectivity index (χ2n) is 6.67. The maximum absolute atomic E-state index is 12.1. The van der Waals surface area contributed by atoms with Gasteiger partial charge in [0.2, 0.25) is 0 Å². The highest BCUT2D eigenvalue weighted by molar-refractivity contribution is 7.13. The van der Waals surface area contributed by atoms with E-state index in [1.807, 2.05) is 30.5 Å². The third-order valence-corrected chi connectivity index (χ3v) is 5.74. The first kappa shape index (κ1) is 18.1. The smallest absolute Gasteiger partial charge is 0.246 e. The molecule has 0 bridgehead atoms. The summed E-state index contributed by atoms with van der Waals surface area (Å²) in [4.78, 5) is 17.7. The first-order valence-corrected chi connectivity index (χ1v) is 10.0. The minimum absolute atomic E-state index is 0.263. The van der Waals surface area contributed by atoms with Crippen molar-refractivity contribution in [1.82, 2.24) is 19.6 Å². The quantitative estimate of drug-likeness (QED) is 0.561. The minimum Gasteiger partial charge on any atom is -0.246 e. The Hall–Kier alpha value is -3.24. The molecule has 28 heavy (non-hydrogen) atoms. The van der Waals surface area contributed by atoms with Gasteiger partial charge in [-0.2, -0.15) is 10.4 Å². The lowest BCUT2D eigenvalue weighted by Gasteiger charge is -2.11. The minimum atomic E-state index is -0.263. The van der Waals surface area contributed by atoms with Crippen molar-refractivity contribution in [1.29, 1.82) is 5.26 Å². The van der Waals surface area contributed by atoms with Crippen LogP contribution in [0, 0.1) is 18.3 Å². The van der Waals surface area contributed by atoms with Crippen molar-refractivity contribution in [2.75, 3.05) is 0 Å². The van der Waals surface area contributed by atoms with Gasteiger partial charge < -0.3 is 0 Å². The summed E-state index contributed by atoms with van der Waals surface area (Å²) in [5.74, 6) is 0.651. The standard InChI is InChI=1S/C21H19N5OS/c1-3-4-18-17(20-24-25-21(27)26(20)13(2)23-18)11-14-5-7-15(8-6-14)19-16(12-22)9-10-28-19/h5-10H,3-4,11H2,1-2H3,(H,25,27). The Labute approximate surface area is 166 Å². The van der Waals surface area contributed by atoms with Gasteiger partial charge in [-0.25, -0.2) is 19.3 Å². The Bertz CT molecular complexity index is 1240. The van der Waals surface area contributed by atoms with Gasteiger partial charge in [-0.3, -0.25) is 0 Å². The lowest BCUT2D eigenvalue weighted by Crippen LogP contribution is -2.16. The monoisotopic (exact) mass is 389 g/mol. The van der Waals surface area contributed by atoms with Crippen LogP contribution in [0.5, 0.6) is 0 Å². The van der Waals surface area contributed by atoms with Crippen molar-refractivity contribution in [3.8, 4) is 16.5 Å². The molecule has 0 fully saturated rings. The van der Waals surface area contributed by atoms with E-state index in [9.17, 15) is 10.1 Å². The zero-order valence-electron chi connectivity index (χ0n) is 15.7. The Balaban J connectivity index is 1.74. The number of fused-ring (bicyclic) bond motifs is 1. The van der Waals surface area contributed by atoms with Crippen LogP contribution in [0.1, 0.15) is 41.6 Å². The average molecular weight is 389 g/mol. The highest BCUT2D eigenvalue weighted by atomic mass is 32.1. The number of thiophene rings is 1. The molecule has 3 aromatic heterocycles. The topological polar surface area (TPSA) is 86.8 Å². The molecule has 0 amide bonds. The molecule has 0 aliphatic carbocycles. The molecule has 6 nitrogen and oxygen atoms in total. The number of hydrogen-bond acceptors (Lipinski definition) is 5. The number of aryl methyl sites for hydroxylation is 2. The molecule has 7 heteroatoms. The van der Waals surface area contributed by atoms with E-state index in [0.717, 1.165) is 40.1 Å². The van der Waals surface area contributed by atoms with Gasteiger partial charge in [0.15, 0.2) is 5.65 Å². The van der Waals surface area contributed by atoms with E-state index in [4.69, 9.17) is 0 Å². The highest BCUT2D eigenvalue weighted by Gasteiger charge is 2.16. The van der Waals surface area contributed by atoms with Crippen LogP contribution in [0.4, 0.5) is 0 Å². The van der Waals surface area contributed by atoms with Crippen molar-refractivity contribution < 1.29 is 0 Å². The maximum Gasteiger partial charge on any atom is 0.349 e. The van der Waals surface area contributed by atoms with Crippen LogP contribution in [0.2, 0.25) is 0 Å². The van der Waals surface area contributed by atoms with Crippen molar-refractivity contribution in [3.63, 3.8) is 0 Å². The highest BCUT2D eigenvalue weighted by Crippen LogP contribution is 2.30. The summed E-state index contributed by atoms with van der Waals surface area (Å²) in [6, 6.07) is 12.3. The van der Waals surface area contributed by atoms with Gasteiger partial charge in [-0.15, -0.1) is 11.3 Å². The lowest BCUT2D eigenvalue weighted by atomic mass is 10.00. The molecule has 0 saturated heterocycles. The third kappa shape index (κ3) is 3.12. The maximum atomic E-state index is 12.1. The van der Waals surface area contributed by atoms with Crippen LogP contribution in [0.15, 0.2) is 40.5 Å². The molecule has 3 heterocycles. The van der Waals surface area contributed by atoms with Crippen LogP contribution < -0.4 is 5.69 Å². The summed E-state index contributed by atoms with van der Waals surface area (Å²) in [5.41, 5.74) is 5.19. The molecule has 140 valence electrons. The molecule has 1 N–H and O–H groups in total. The van der Waals surface area contributed by atoms with E-state index < -0.39 is 0 Å². The number of aromatic nitrogens is 4. The Kier molecular flexibility index (Phi) is 4.80. The summed E-state index contributed by atoms with van der Waals surface area (Å²) in [6.45, 7) is 3.94. The van der Waals surface area contributed by atoms with Crippen molar-refractivity contribution in [2.24, 2.45) is 0 Å². The Morgan fingerprint density at radius 1 is 1.25 bits per heavy atom. The van der Waals surface area contributed by atoms with E-state index in [0.29, 0.717) is 23.5 Å². The predicted octanol–water partition coefficient (Wildman–Crippen LogP) is 3.87. The Morgan fingerprint density at radius 3 is 2.75 bits per heavy atom. The fourth-order valence-corrected chi connectivity index (χ4v) is 4.32. The summed E-state index contributed by atoms with van der Waals surface area (Å²) in [6.07, 6.45) is 2.46. The molecule has 0 saturated carbocycles. The van der Waals surface area contributed by atoms with Crippen molar-refractivity contribution in [2.45, 2.75) is 33.1 Å². The van der Waals surface area contributed by atoms with Gasteiger partial charge in [-0.1, -0.05) is 37.6 Å². The van der Waals surface area contributed by atoms with Gasteiger partial charge in [0.05, 0.1) is 10.4 Å². The van der Waals surface area contributed by atoms with Crippen LogP contribution in [0.25, 0.3) is 16.1 Å². The van der Waals surface area contributed by atoms with Crippen LogP contribution >= 0.6 is 11.3 Å². The van der Waals surface area contributed by atoms with Crippen molar-refractivity contribution in [3.05, 3.63) is 74.4 Å². The Morgan fingerprint density at radius 2 is 2.04 bits per heavy atom. The molecule has 0 radical (unpaired) electrons. The van der Waals surface area contributed by atoms with Gasteiger partial charge in [-0.05, 0) is 35.9 Å². The third-order valence-electron chi connectivity index (χ3n) is 4.78. The van der Waals surface area contributed by atoms with E-state index in [1.165, 1.54) is 4.40 Å². The van der Waals surface area contributed by atoms with Gasteiger partial charge in [0, 0.05) is 17.7 Å². The molecular formula is C21H19N5OS. The first-order chi connectivity index (χ1) is 13.6. The first-order valence-electron chi connectivity index (χ1n) is 9.14. The number of nitrogens with zero attached hydrogens (tertiary/aromatic N) is 4. The number of rotatable bonds is 5. The summed E-state index contributed by atoms with van der Waals surface area (Å²) < 4.78 is 1.54. The molecule has 0 spiro atoms. The fraction of sp³-hybridized carbons (Fsp3) is 0.238. The number of H-pyrrole nitrogens is 1. The second kappa shape index (κ2) is 7.41. The average Bonchev–Trinajstić information content (AvgIpc) is 3.32. The van der Waals surface area contributed by atoms with Crippen molar-refractivity contribution >= 4 is 17.0 Å². The summed E-state index contributed by atoms with van der Waals surface area (Å²) in [5, 5.41) is 18.0. The van der Waals surface area contributed by atoms with E-state index >= 15 is 0 Å². The largest absolute Gasteiger partial charge is 0.349 e.